The van der Waals surface area contributed by atoms with E-state index >= 15 is 0 Å². The number of aromatic nitrogens is 3. The lowest BCUT2D eigenvalue weighted by atomic mass is 10.1. The minimum absolute atomic E-state index is 0.0775. The molecule has 2 aromatic carbocycles. The van der Waals surface area contributed by atoms with Gasteiger partial charge in [-0.3, -0.25) is 9.39 Å². The lowest BCUT2D eigenvalue weighted by Gasteiger charge is -2.21. The highest BCUT2D eigenvalue weighted by atomic mass is 16.3. The summed E-state index contributed by atoms with van der Waals surface area (Å²) < 4.78 is 1.74. The number of imidazole rings is 1. The molecular formula is C27H33N7O. The molecule has 0 amide bonds. The van der Waals surface area contributed by atoms with E-state index in [4.69, 9.17) is 21.4 Å². The zero-order chi connectivity index (χ0) is 24.8. The first kappa shape index (κ1) is 24.1. The fourth-order valence-electron chi connectivity index (χ4n) is 4.24. The minimum Gasteiger partial charge on any atom is -0.493 e. The molecule has 0 aliphatic heterocycles. The van der Waals surface area contributed by atoms with Crippen molar-refractivity contribution in [2.45, 2.75) is 33.1 Å². The largest absolute Gasteiger partial charge is 0.493 e. The summed E-state index contributed by atoms with van der Waals surface area (Å²) in [5.41, 5.74) is 17.0. The Bertz CT molecular complexity index is 1290. The molecule has 8 heteroatoms. The molecule has 2 heterocycles. The van der Waals surface area contributed by atoms with Crippen LogP contribution in [0.15, 0.2) is 65.8 Å². The van der Waals surface area contributed by atoms with Crippen LogP contribution in [-0.4, -0.2) is 45.1 Å². The molecule has 0 saturated carbocycles. The van der Waals surface area contributed by atoms with Crippen molar-refractivity contribution >= 4 is 17.3 Å². The quantitative estimate of drug-likeness (QED) is 0.184. The maximum Gasteiger partial charge on any atom is 0.219 e. The van der Waals surface area contributed by atoms with Gasteiger partial charge in [-0.05, 0) is 44.4 Å². The number of rotatable bonds is 10. The molecule has 0 spiro atoms. The maximum absolute atomic E-state index is 11.1. The van der Waals surface area contributed by atoms with Crippen LogP contribution in [0.3, 0.4) is 0 Å². The van der Waals surface area contributed by atoms with Gasteiger partial charge in [-0.1, -0.05) is 42.5 Å². The van der Waals surface area contributed by atoms with E-state index in [1.807, 2.05) is 36.5 Å². The number of hydrogen-bond acceptors (Lipinski definition) is 5. The second-order valence-electron chi connectivity index (χ2n) is 8.44. The van der Waals surface area contributed by atoms with Gasteiger partial charge in [0.05, 0.1) is 11.4 Å². The molecule has 0 bridgehead atoms. The Morgan fingerprint density at radius 3 is 2.34 bits per heavy atom. The topological polar surface area (TPSA) is 118 Å². The van der Waals surface area contributed by atoms with Gasteiger partial charge in [0.15, 0.2) is 11.6 Å². The third kappa shape index (κ3) is 5.54. The van der Waals surface area contributed by atoms with Crippen molar-refractivity contribution in [3.05, 3.63) is 77.7 Å². The Labute approximate surface area is 206 Å². The number of aryl methyl sites for hydroxylation is 1. The van der Waals surface area contributed by atoms with Gasteiger partial charge in [0.2, 0.25) is 5.88 Å². The summed E-state index contributed by atoms with van der Waals surface area (Å²) in [5, 5.41) is 11.1. The fraction of sp³-hybridized carbons (Fsp3) is 0.296. The predicted octanol–water partition coefficient (Wildman–Crippen LogP) is 3.74. The van der Waals surface area contributed by atoms with Crippen LogP contribution in [0.4, 0.5) is 5.69 Å². The van der Waals surface area contributed by atoms with Crippen molar-refractivity contribution in [3.63, 3.8) is 0 Å². The van der Waals surface area contributed by atoms with Gasteiger partial charge in [-0.15, -0.1) is 0 Å². The first-order valence-corrected chi connectivity index (χ1v) is 12.0. The molecular weight excluding hydrogens is 438 g/mol. The molecule has 0 radical (unpaired) electrons. The molecule has 0 saturated heterocycles. The highest BCUT2D eigenvalue weighted by Gasteiger charge is 2.17. The molecule has 0 fully saturated rings. The summed E-state index contributed by atoms with van der Waals surface area (Å²) in [6, 6.07) is 18.4. The van der Waals surface area contributed by atoms with Crippen molar-refractivity contribution in [1.29, 1.82) is 0 Å². The molecule has 182 valence electrons. The van der Waals surface area contributed by atoms with Crippen LogP contribution in [0, 0.1) is 0 Å². The van der Waals surface area contributed by atoms with Crippen molar-refractivity contribution in [3.8, 4) is 17.1 Å². The standard InChI is InChI=1S/C27H33N7O/c1-3-33(4-2)21-14-12-20(13-15-21)24-18-34-25(22(31-24)11-8-16-30-27(28)29)32-23(26(34)35)17-19-9-6-5-7-10-19/h5-7,9-10,12-15,18,35H,3-4,8,11,16-17H2,1-2H3,(H4,28,29,30). The Kier molecular flexibility index (Phi) is 7.50. The SMILES string of the molecule is CCN(CC)c1ccc(-c2cn3c(O)c(Cc4ccccc4)nc3c(CCCN=C(N)N)n2)cc1. The van der Waals surface area contributed by atoms with Gasteiger partial charge >= 0.3 is 0 Å². The fourth-order valence-corrected chi connectivity index (χ4v) is 4.24. The van der Waals surface area contributed by atoms with E-state index in [0.29, 0.717) is 37.1 Å². The van der Waals surface area contributed by atoms with Crippen LogP contribution in [0.5, 0.6) is 5.88 Å². The summed E-state index contributed by atoms with van der Waals surface area (Å²) in [5.74, 6) is 0.214. The molecule has 4 rings (SSSR count). The van der Waals surface area contributed by atoms with Gasteiger partial charge in [0, 0.05) is 43.5 Å². The van der Waals surface area contributed by atoms with Gasteiger partial charge in [0.25, 0.3) is 0 Å². The van der Waals surface area contributed by atoms with Gasteiger partial charge in [-0.25, -0.2) is 9.97 Å². The molecule has 2 aromatic heterocycles. The number of aliphatic imine (C=N–C) groups is 1. The zero-order valence-corrected chi connectivity index (χ0v) is 20.4. The van der Waals surface area contributed by atoms with Crippen LogP contribution < -0.4 is 16.4 Å². The normalized spacial score (nSPS) is 11.0. The van der Waals surface area contributed by atoms with Crippen LogP contribution in [0.1, 0.15) is 37.2 Å². The zero-order valence-electron chi connectivity index (χ0n) is 20.4. The first-order chi connectivity index (χ1) is 17.0. The minimum atomic E-state index is 0.0775. The second kappa shape index (κ2) is 10.9. The highest BCUT2D eigenvalue weighted by molar-refractivity contribution is 5.75. The maximum atomic E-state index is 11.1. The Balaban J connectivity index is 1.73. The average molecular weight is 472 g/mol. The monoisotopic (exact) mass is 471 g/mol. The van der Waals surface area contributed by atoms with E-state index in [0.717, 1.165) is 35.6 Å². The van der Waals surface area contributed by atoms with Gasteiger partial charge in [-0.2, -0.15) is 0 Å². The molecule has 5 N–H and O–H groups in total. The van der Waals surface area contributed by atoms with E-state index in [-0.39, 0.29) is 11.8 Å². The Morgan fingerprint density at radius 2 is 1.69 bits per heavy atom. The summed E-state index contributed by atoms with van der Waals surface area (Å²) in [6.07, 6.45) is 3.74. The van der Waals surface area contributed by atoms with Gasteiger partial charge in [0.1, 0.15) is 5.69 Å². The number of benzene rings is 2. The Hall–Kier alpha value is -4.07. The van der Waals surface area contributed by atoms with Gasteiger partial charge < -0.3 is 21.5 Å². The van der Waals surface area contributed by atoms with E-state index in [9.17, 15) is 5.11 Å². The number of nitrogens with zero attached hydrogens (tertiary/aromatic N) is 5. The molecule has 4 aromatic rings. The molecule has 0 unspecified atom stereocenters. The molecule has 0 aliphatic carbocycles. The number of anilines is 1. The average Bonchev–Trinajstić information content (AvgIpc) is 3.18. The third-order valence-corrected chi connectivity index (χ3v) is 6.09. The Morgan fingerprint density at radius 1 is 0.971 bits per heavy atom. The lowest BCUT2D eigenvalue weighted by Crippen LogP contribution is -2.23. The van der Waals surface area contributed by atoms with Crippen LogP contribution >= 0.6 is 0 Å². The number of hydrogen-bond donors (Lipinski definition) is 3. The van der Waals surface area contributed by atoms with Crippen molar-refractivity contribution in [2.75, 3.05) is 24.5 Å². The van der Waals surface area contributed by atoms with Crippen LogP contribution in [0.2, 0.25) is 0 Å². The molecule has 35 heavy (non-hydrogen) atoms. The summed E-state index contributed by atoms with van der Waals surface area (Å²) in [6.45, 7) is 6.70. The van der Waals surface area contributed by atoms with Crippen molar-refractivity contribution in [1.82, 2.24) is 14.4 Å². The molecule has 8 nitrogen and oxygen atoms in total. The predicted molar refractivity (Wildman–Crippen MR) is 142 cm³/mol. The van der Waals surface area contributed by atoms with Crippen LogP contribution in [0.25, 0.3) is 16.9 Å². The smallest absolute Gasteiger partial charge is 0.219 e. The van der Waals surface area contributed by atoms with Crippen LogP contribution in [-0.2, 0) is 12.8 Å². The first-order valence-electron chi connectivity index (χ1n) is 12.0. The van der Waals surface area contributed by atoms with Crippen molar-refractivity contribution in [2.24, 2.45) is 16.5 Å². The summed E-state index contributed by atoms with van der Waals surface area (Å²) in [7, 11) is 0. The van der Waals surface area contributed by atoms with E-state index in [1.54, 1.807) is 4.40 Å². The number of aromatic hydroxyl groups is 1. The van der Waals surface area contributed by atoms with E-state index in [2.05, 4.69) is 48.0 Å². The summed E-state index contributed by atoms with van der Waals surface area (Å²) in [4.78, 5) is 16.1. The van der Waals surface area contributed by atoms with Crippen molar-refractivity contribution < 1.29 is 5.11 Å². The molecule has 0 atom stereocenters. The lowest BCUT2D eigenvalue weighted by molar-refractivity contribution is 0.442. The van der Waals surface area contributed by atoms with E-state index in [1.165, 1.54) is 5.69 Å². The highest BCUT2D eigenvalue weighted by Crippen LogP contribution is 2.28. The third-order valence-electron chi connectivity index (χ3n) is 6.09. The number of guanidine groups is 1. The molecule has 0 aliphatic rings. The number of nitrogens with two attached hydrogens (primary N) is 2. The number of fused-ring (bicyclic) bond motifs is 1. The second-order valence-corrected chi connectivity index (χ2v) is 8.44. The van der Waals surface area contributed by atoms with E-state index < -0.39 is 0 Å². The summed E-state index contributed by atoms with van der Waals surface area (Å²) >= 11 is 0.